The van der Waals surface area contributed by atoms with Crippen molar-refractivity contribution in [2.75, 3.05) is 0 Å². The summed E-state index contributed by atoms with van der Waals surface area (Å²) in [7, 11) is 0. The molecule has 7 nitrogen and oxygen atoms in total. The first-order chi connectivity index (χ1) is 10.1. The van der Waals surface area contributed by atoms with Gasteiger partial charge >= 0.3 is 5.97 Å². The second-order valence-corrected chi connectivity index (χ2v) is 4.69. The Balaban J connectivity index is 2.09. The lowest BCUT2D eigenvalue weighted by Gasteiger charge is -2.07. The van der Waals surface area contributed by atoms with E-state index >= 15 is 0 Å². The standard InChI is InChI=1S/C14H12N4O3/c1-8-4-6-18(13(19)11(8)14(20)21)7-10-9-3-2-5-15-12(9)17-16-10/h2-6H,7H2,1H3,(H,20,21)(H,15,16,17). The molecule has 0 fully saturated rings. The minimum absolute atomic E-state index is 0.209. The van der Waals surface area contributed by atoms with Gasteiger partial charge in [-0.2, -0.15) is 5.10 Å². The minimum Gasteiger partial charge on any atom is -0.477 e. The lowest BCUT2D eigenvalue weighted by atomic mass is 10.1. The van der Waals surface area contributed by atoms with Crippen LogP contribution in [0.4, 0.5) is 0 Å². The summed E-state index contributed by atoms with van der Waals surface area (Å²) in [6, 6.07) is 5.24. The molecule has 0 bridgehead atoms. The van der Waals surface area contributed by atoms with Gasteiger partial charge in [-0.05, 0) is 30.7 Å². The fraction of sp³-hybridized carbons (Fsp3) is 0.143. The number of nitrogens with one attached hydrogen (secondary N) is 1. The van der Waals surface area contributed by atoms with Crippen LogP contribution in [-0.4, -0.2) is 30.8 Å². The summed E-state index contributed by atoms with van der Waals surface area (Å²) in [4.78, 5) is 27.5. The van der Waals surface area contributed by atoms with E-state index in [1.165, 1.54) is 4.57 Å². The van der Waals surface area contributed by atoms with Crippen molar-refractivity contribution in [3.05, 3.63) is 57.8 Å². The summed E-state index contributed by atoms with van der Waals surface area (Å²) in [5.74, 6) is -1.22. The first kappa shape index (κ1) is 13.0. The molecule has 21 heavy (non-hydrogen) atoms. The molecule has 0 saturated carbocycles. The van der Waals surface area contributed by atoms with Crippen LogP contribution >= 0.6 is 0 Å². The monoisotopic (exact) mass is 284 g/mol. The fourth-order valence-corrected chi connectivity index (χ4v) is 2.24. The van der Waals surface area contributed by atoms with Crippen molar-refractivity contribution in [2.45, 2.75) is 13.5 Å². The van der Waals surface area contributed by atoms with E-state index in [-0.39, 0.29) is 12.1 Å². The average molecular weight is 284 g/mol. The molecule has 3 aromatic rings. The van der Waals surface area contributed by atoms with Crippen LogP contribution in [0, 0.1) is 6.92 Å². The number of H-pyrrole nitrogens is 1. The maximum atomic E-state index is 12.2. The Morgan fingerprint density at radius 1 is 1.43 bits per heavy atom. The zero-order valence-electron chi connectivity index (χ0n) is 11.2. The Kier molecular flexibility index (Phi) is 3.02. The number of hydrogen-bond donors (Lipinski definition) is 2. The number of rotatable bonds is 3. The van der Waals surface area contributed by atoms with Crippen molar-refractivity contribution in [3.8, 4) is 0 Å². The highest BCUT2D eigenvalue weighted by Crippen LogP contribution is 2.13. The van der Waals surface area contributed by atoms with Crippen LogP contribution in [0.2, 0.25) is 0 Å². The summed E-state index contributed by atoms with van der Waals surface area (Å²) in [6.45, 7) is 1.81. The molecule has 0 atom stereocenters. The number of nitrogens with zero attached hydrogens (tertiary/aromatic N) is 3. The lowest BCUT2D eigenvalue weighted by Crippen LogP contribution is -2.27. The molecule has 3 heterocycles. The summed E-state index contributed by atoms with van der Waals surface area (Å²) in [6.07, 6.45) is 3.21. The normalized spacial score (nSPS) is 10.9. The average Bonchev–Trinajstić information content (AvgIpc) is 2.85. The molecule has 0 aromatic carbocycles. The van der Waals surface area contributed by atoms with Crippen LogP contribution in [-0.2, 0) is 6.54 Å². The number of carbonyl (C=O) groups is 1. The Labute approximate surface area is 118 Å². The molecule has 0 aliphatic rings. The number of hydrogen-bond acceptors (Lipinski definition) is 4. The zero-order valence-corrected chi connectivity index (χ0v) is 11.2. The molecular weight excluding hydrogens is 272 g/mol. The minimum atomic E-state index is -1.22. The van der Waals surface area contributed by atoms with Crippen LogP contribution in [0.25, 0.3) is 11.0 Å². The quantitative estimate of drug-likeness (QED) is 0.752. The molecule has 0 spiro atoms. The van der Waals surface area contributed by atoms with Gasteiger partial charge in [0.15, 0.2) is 5.65 Å². The number of carboxylic acids is 1. The van der Waals surface area contributed by atoms with Crippen LogP contribution in [0.3, 0.4) is 0 Å². The van der Waals surface area contributed by atoms with Crippen molar-refractivity contribution in [1.29, 1.82) is 0 Å². The van der Waals surface area contributed by atoms with Gasteiger partial charge < -0.3 is 9.67 Å². The molecule has 0 unspecified atom stereocenters. The highest BCUT2D eigenvalue weighted by Gasteiger charge is 2.15. The molecule has 7 heteroatoms. The Hall–Kier alpha value is -2.96. The largest absolute Gasteiger partial charge is 0.477 e. The van der Waals surface area contributed by atoms with Crippen molar-refractivity contribution >= 4 is 17.0 Å². The van der Waals surface area contributed by atoms with E-state index in [0.717, 1.165) is 5.39 Å². The van der Waals surface area contributed by atoms with Crippen LogP contribution in [0.5, 0.6) is 0 Å². The highest BCUT2D eigenvalue weighted by atomic mass is 16.4. The smallest absolute Gasteiger partial charge is 0.341 e. The first-order valence-corrected chi connectivity index (χ1v) is 6.29. The first-order valence-electron chi connectivity index (χ1n) is 6.29. The van der Waals surface area contributed by atoms with Gasteiger partial charge in [0, 0.05) is 17.8 Å². The second-order valence-electron chi connectivity index (χ2n) is 4.69. The van der Waals surface area contributed by atoms with Gasteiger partial charge in [0.1, 0.15) is 5.56 Å². The van der Waals surface area contributed by atoms with Gasteiger partial charge in [0.05, 0.1) is 12.2 Å². The summed E-state index contributed by atoms with van der Waals surface area (Å²) >= 11 is 0. The third-order valence-corrected chi connectivity index (χ3v) is 3.32. The molecular formula is C14H12N4O3. The van der Waals surface area contributed by atoms with Crippen molar-refractivity contribution in [1.82, 2.24) is 19.7 Å². The van der Waals surface area contributed by atoms with E-state index in [1.54, 1.807) is 31.5 Å². The van der Waals surface area contributed by atoms with Gasteiger partial charge in [-0.1, -0.05) is 0 Å². The highest BCUT2D eigenvalue weighted by molar-refractivity contribution is 5.88. The van der Waals surface area contributed by atoms with Gasteiger partial charge in [0.2, 0.25) is 0 Å². The topological polar surface area (TPSA) is 101 Å². The number of aromatic carboxylic acids is 1. The van der Waals surface area contributed by atoms with Crippen LogP contribution in [0.1, 0.15) is 21.6 Å². The lowest BCUT2D eigenvalue weighted by molar-refractivity contribution is 0.0693. The second kappa shape index (κ2) is 4.86. The number of aryl methyl sites for hydroxylation is 1. The van der Waals surface area contributed by atoms with Gasteiger partial charge in [-0.3, -0.25) is 9.89 Å². The van der Waals surface area contributed by atoms with Crippen LogP contribution < -0.4 is 5.56 Å². The molecule has 0 amide bonds. The predicted molar refractivity (Wildman–Crippen MR) is 75.4 cm³/mol. The van der Waals surface area contributed by atoms with Gasteiger partial charge in [-0.25, -0.2) is 9.78 Å². The maximum Gasteiger partial charge on any atom is 0.341 e. The van der Waals surface area contributed by atoms with Crippen molar-refractivity contribution in [2.24, 2.45) is 0 Å². The van der Waals surface area contributed by atoms with Gasteiger partial charge in [0.25, 0.3) is 5.56 Å². The molecule has 0 aliphatic carbocycles. The molecule has 3 rings (SSSR count). The third kappa shape index (κ3) is 2.18. The number of aromatic amines is 1. The van der Waals surface area contributed by atoms with E-state index < -0.39 is 11.5 Å². The molecule has 2 N–H and O–H groups in total. The number of carboxylic acid groups (broad SMARTS) is 1. The third-order valence-electron chi connectivity index (χ3n) is 3.32. The fourth-order valence-electron chi connectivity index (χ4n) is 2.24. The summed E-state index contributed by atoms with van der Waals surface area (Å²) in [5, 5.41) is 16.8. The van der Waals surface area contributed by atoms with Crippen LogP contribution in [0.15, 0.2) is 35.4 Å². The van der Waals surface area contributed by atoms with Gasteiger partial charge in [-0.15, -0.1) is 0 Å². The number of pyridine rings is 2. The zero-order chi connectivity index (χ0) is 15.0. The summed E-state index contributed by atoms with van der Waals surface area (Å²) < 4.78 is 1.34. The SMILES string of the molecule is Cc1ccn(Cc2[nH]nc3ncccc23)c(=O)c1C(=O)O. The van der Waals surface area contributed by atoms with E-state index in [0.29, 0.717) is 16.9 Å². The molecule has 106 valence electrons. The maximum absolute atomic E-state index is 12.2. The van der Waals surface area contributed by atoms with E-state index in [1.807, 2.05) is 6.07 Å². The number of fused-ring (bicyclic) bond motifs is 1. The van der Waals surface area contributed by atoms with Crippen molar-refractivity contribution < 1.29 is 9.90 Å². The number of aromatic nitrogens is 4. The predicted octanol–water partition coefficient (Wildman–Crippen LogP) is 1.17. The summed E-state index contributed by atoms with van der Waals surface area (Å²) in [5.41, 5.74) is 0.972. The molecule has 3 aromatic heterocycles. The molecule has 0 aliphatic heterocycles. The van der Waals surface area contributed by atoms with E-state index in [4.69, 9.17) is 5.11 Å². The van der Waals surface area contributed by atoms with E-state index in [9.17, 15) is 9.59 Å². The molecule has 0 radical (unpaired) electrons. The van der Waals surface area contributed by atoms with E-state index in [2.05, 4.69) is 15.2 Å². The Morgan fingerprint density at radius 2 is 2.24 bits per heavy atom. The van der Waals surface area contributed by atoms with Crippen molar-refractivity contribution in [3.63, 3.8) is 0 Å². The Bertz CT molecular complexity index is 895. The Morgan fingerprint density at radius 3 is 3.00 bits per heavy atom. The molecule has 0 saturated heterocycles.